The first kappa shape index (κ1) is 16.6. The molecule has 0 radical (unpaired) electrons. The minimum atomic E-state index is 0.522. The zero-order valence-corrected chi connectivity index (χ0v) is 15.2. The fourth-order valence-corrected chi connectivity index (χ4v) is 3.42. The first-order valence-corrected chi connectivity index (χ1v) is 9.24. The third-order valence-electron chi connectivity index (χ3n) is 4.90. The Kier molecular flexibility index (Phi) is 4.77. The fourth-order valence-electron chi connectivity index (χ4n) is 3.23. The second-order valence-electron chi connectivity index (χ2n) is 6.79. The van der Waals surface area contributed by atoms with Gasteiger partial charge in [0.25, 0.3) is 0 Å². The van der Waals surface area contributed by atoms with Gasteiger partial charge in [-0.25, -0.2) is 9.97 Å². The van der Waals surface area contributed by atoms with Crippen LogP contribution < -0.4 is 9.64 Å². The molecule has 5 nitrogen and oxygen atoms in total. The molecule has 2 aliphatic rings. The lowest BCUT2D eigenvalue weighted by Crippen LogP contribution is -2.46. The molecule has 0 atom stereocenters. The van der Waals surface area contributed by atoms with Gasteiger partial charge in [-0.05, 0) is 30.5 Å². The summed E-state index contributed by atoms with van der Waals surface area (Å²) in [4.78, 5) is 13.9. The Balaban J connectivity index is 1.36. The summed E-state index contributed by atoms with van der Waals surface area (Å²) in [6, 6.07) is 10.2. The summed E-state index contributed by atoms with van der Waals surface area (Å²) < 4.78 is 5.22. The Morgan fingerprint density at radius 1 is 1.08 bits per heavy atom. The number of rotatable bonds is 5. The highest BCUT2D eigenvalue weighted by Gasteiger charge is 2.28. The molecule has 0 unspecified atom stereocenters. The normalized spacial score (nSPS) is 18.4. The van der Waals surface area contributed by atoms with E-state index in [0.717, 1.165) is 50.1 Å². The maximum absolute atomic E-state index is 6.20. The molecule has 2 aromatic rings. The van der Waals surface area contributed by atoms with Crippen molar-refractivity contribution in [2.75, 3.05) is 38.2 Å². The molecule has 0 bridgehead atoms. The molecule has 6 heteroatoms. The molecule has 1 aromatic heterocycles. The second kappa shape index (κ2) is 7.18. The summed E-state index contributed by atoms with van der Waals surface area (Å²) in [5, 5.41) is 0.563. The van der Waals surface area contributed by atoms with Crippen LogP contribution in [0.15, 0.2) is 30.3 Å². The van der Waals surface area contributed by atoms with Crippen molar-refractivity contribution in [3.8, 4) is 5.75 Å². The average molecular weight is 359 g/mol. The highest BCUT2D eigenvalue weighted by molar-refractivity contribution is 6.29. The average Bonchev–Trinajstić information content (AvgIpc) is 3.48. The number of aromatic nitrogens is 2. The molecule has 132 valence electrons. The number of hydrogen-bond acceptors (Lipinski definition) is 5. The van der Waals surface area contributed by atoms with Gasteiger partial charge in [0, 0.05) is 44.7 Å². The highest BCUT2D eigenvalue weighted by Crippen LogP contribution is 2.39. The van der Waals surface area contributed by atoms with E-state index in [1.54, 1.807) is 7.11 Å². The molecule has 1 aliphatic heterocycles. The summed E-state index contributed by atoms with van der Waals surface area (Å²) in [6.07, 6.45) is 2.38. The smallest absolute Gasteiger partial charge is 0.135 e. The van der Waals surface area contributed by atoms with E-state index in [4.69, 9.17) is 21.3 Å². The number of benzene rings is 1. The number of halogens is 1. The lowest BCUT2D eigenvalue weighted by molar-refractivity contribution is 0.249. The number of hydrogen-bond donors (Lipinski definition) is 0. The number of methoxy groups -OCH3 is 1. The summed E-state index contributed by atoms with van der Waals surface area (Å²) in [5.41, 5.74) is 1.32. The van der Waals surface area contributed by atoms with E-state index in [1.807, 2.05) is 18.2 Å². The summed E-state index contributed by atoms with van der Waals surface area (Å²) >= 11 is 6.20. The van der Waals surface area contributed by atoms with E-state index >= 15 is 0 Å². The van der Waals surface area contributed by atoms with Crippen molar-refractivity contribution < 1.29 is 4.74 Å². The lowest BCUT2D eigenvalue weighted by atomic mass is 10.2. The number of nitrogens with zero attached hydrogens (tertiary/aromatic N) is 4. The molecule has 1 aliphatic carbocycles. The predicted molar refractivity (Wildman–Crippen MR) is 99.5 cm³/mol. The van der Waals surface area contributed by atoms with Gasteiger partial charge < -0.3 is 9.64 Å². The van der Waals surface area contributed by atoms with E-state index in [-0.39, 0.29) is 0 Å². The van der Waals surface area contributed by atoms with Gasteiger partial charge in [-0.2, -0.15) is 0 Å². The molecular formula is C19H23ClN4O. The standard InChI is InChI=1S/C19H23ClN4O/c1-25-16-6-2-14(3-7-16)13-23-8-10-24(11-9-23)18-12-17(20)21-19(22-18)15-4-5-15/h2-3,6-7,12,15H,4-5,8-11,13H2,1H3. The van der Waals surface area contributed by atoms with Crippen LogP contribution >= 0.6 is 11.6 Å². The summed E-state index contributed by atoms with van der Waals surface area (Å²) in [6.45, 7) is 4.94. The van der Waals surface area contributed by atoms with Crippen LogP contribution in [-0.4, -0.2) is 48.2 Å². The monoisotopic (exact) mass is 358 g/mol. The molecule has 0 N–H and O–H groups in total. The largest absolute Gasteiger partial charge is 0.497 e. The molecule has 1 saturated heterocycles. The van der Waals surface area contributed by atoms with Gasteiger partial charge in [0.05, 0.1) is 7.11 Å². The van der Waals surface area contributed by atoms with Crippen molar-refractivity contribution in [3.63, 3.8) is 0 Å². The molecule has 25 heavy (non-hydrogen) atoms. The maximum Gasteiger partial charge on any atom is 0.135 e. The number of anilines is 1. The third kappa shape index (κ3) is 4.05. The minimum absolute atomic E-state index is 0.522. The molecule has 0 spiro atoms. The third-order valence-corrected chi connectivity index (χ3v) is 5.10. The SMILES string of the molecule is COc1ccc(CN2CCN(c3cc(Cl)nc(C4CC4)n3)CC2)cc1. The van der Waals surface area contributed by atoms with Gasteiger partial charge in [-0.3, -0.25) is 4.90 Å². The molecular weight excluding hydrogens is 336 g/mol. The van der Waals surface area contributed by atoms with Crippen LogP contribution in [0.25, 0.3) is 0 Å². The van der Waals surface area contributed by atoms with Crippen molar-refractivity contribution in [2.24, 2.45) is 0 Å². The van der Waals surface area contributed by atoms with Gasteiger partial charge in [-0.15, -0.1) is 0 Å². The molecule has 4 rings (SSSR count). The van der Waals surface area contributed by atoms with Crippen LogP contribution in [0, 0.1) is 0 Å². The number of ether oxygens (including phenoxy) is 1. The van der Waals surface area contributed by atoms with E-state index < -0.39 is 0 Å². The van der Waals surface area contributed by atoms with Crippen LogP contribution in [0.1, 0.15) is 30.1 Å². The maximum atomic E-state index is 6.20. The van der Waals surface area contributed by atoms with Crippen LogP contribution in [0.3, 0.4) is 0 Å². The molecule has 2 fully saturated rings. The highest BCUT2D eigenvalue weighted by atomic mass is 35.5. The topological polar surface area (TPSA) is 41.5 Å². The molecule has 1 aromatic carbocycles. The first-order chi connectivity index (χ1) is 12.2. The van der Waals surface area contributed by atoms with Crippen molar-refractivity contribution in [3.05, 3.63) is 46.9 Å². The van der Waals surface area contributed by atoms with E-state index in [2.05, 4.69) is 26.9 Å². The van der Waals surface area contributed by atoms with E-state index in [0.29, 0.717) is 11.1 Å². The van der Waals surface area contributed by atoms with Gasteiger partial charge in [0.2, 0.25) is 0 Å². The number of piperazine rings is 1. The van der Waals surface area contributed by atoms with E-state index in [9.17, 15) is 0 Å². The predicted octanol–water partition coefficient (Wildman–Crippen LogP) is 3.34. The van der Waals surface area contributed by atoms with Gasteiger partial charge in [0.1, 0.15) is 22.5 Å². The molecule has 0 amide bonds. The minimum Gasteiger partial charge on any atom is -0.497 e. The van der Waals surface area contributed by atoms with Crippen molar-refractivity contribution in [2.45, 2.75) is 25.3 Å². The lowest BCUT2D eigenvalue weighted by Gasteiger charge is -2.35. The summed E-state index contributed by atoms with van der Waals surface area (Å²) in [5.74, 6) is 3.32. The zero-order chi connectivity index (χ0) is 17.2. The Hall–Kier alpha value is -1.85. The van der Waals surface area contributed by atoms with Crippen LogP contribution in [-0.2, 0) is 6.54 Å². The molecule has 1 saturated carbocycles. The second-order valence-corrected chi connectivity index (χ2v) is 7.18. The van der Waals surface area contributed by atoms with Crippen LogP contribution in [0.2, 0.25) is 5.15 Å². The Morgan fingerprint density at radius 3 is 2.44 bits per heavy atom. The fraction of sp³-hybridized carbons (Fsp3) is 0.474. The zero-order valence-electron chi connectivity index (χ0n) is 14.5. The van der Waals surface area contributed by atoms with Crippen molar-refractivity contribution >= 4 is 17.4 Å². The van der Waals surface area contributed by atoms with E-state index in [1.165, 1.54) is 18.4 Å². The van der Waals surface area contributed by atoms with Crippen LogP contribution in [0.5, 0.6) is 5.75 Å². The van der Waals surface area contributed by atoms with Crippen molar-refractivity contribution in [1.29, 1.82) is 0 Å². The van der Waals surface area contributed by atoms with Crippen LogP contribution in [0.4, 0.5) is 5.82 Å². The Bertz CT molecular complexity index is 725. The Morgan fingerprint density at radius 2 is 1.80 bits per heavy atom. The first-order valence-electron chi connectivity index (χ1n) is 8.86. The van der Waals surface area contributed by atoms with Gasteiger partial charge in [0.15, 0.2) is 0 Å². The quantitative estimate of drug-likeness (QED) is 0.767. The molecule has 2 heterocycles. The Labute approximate surface area is 153 Å². The van der Waals surface area contributed by atoms with Gasteiger partial charge in [-0.1, -0.05) is 23.7 Å². The summed E-state index contributed by atoms with van der Waals surface area (Å²) in [7, 11) is 1.70. The van der Waals surface area contributed by atoms with Crippen molar-refractivity contribution in [1.82, 2.24) is 14.9 Å². The van der Waals surface area contributed by atoms with Gasteiger partial charge >= 0.3 is 0 Å².